The molecule has 0 aliphatic heterocycles. The molecule has 0 bridgehead atoms. The molecular formula is C16H18N2O3S. The van der Waals surface area contributed by atoms with Crippen LogP contribution in [0.3, 0.4) is 0 Å². The maximum atomic E-state index is 11.9. The molecule has 2 N–H and O–H groups in total. The summed E-state index contributed by atoms with van der Waals surface area (Å²) in [7, 11) is 1.33. The fraction of sp³-hybridized carbons (Fsp3) is 0.250. The summed E-state index contributed by atoms with van der Waals surface area (Å²) >= 11 is 1.67. The Morgan fingerprint density at radius 2 is 1.95 bits per heavy atom. The lowest BCUT2D eigenvalue weighted by atomic mass is 10.2. The molecular weight excluding hydrogens is 300 g/mol. The number of hydrogen-bond donors (Lipinski definition) is 2. The van der Waals surface area contributed by atoms with E-state index in [0.29, 0.717) is 5.56 Å². The van der Waals surface area contributed by atoms with Gasteiger partial charge in [0.1, 0.15) is 0 Å². The van der Waals surface area contributed by atoms with Gasteiger partial charge in [-0.25, -0.2) is 0 Å². The zero-order valence-electron chi connectivity index (χ0n) is 12.3. The van der Waals surface area contributed by atoms with Crippen molar-refractivity contribution in [3.05, 3.63) is 52.2 Å². The van der Waals surface area contributed by atoms with Gasteiger partial charge in [0.15, 0.2) is 0 Å². The second kappa shape index (κ2) is 8.19. The number of carbonyl (C=O) groups is 2. The Hall–Kier alpha value is -2.34. The monoisotopic (exact) mass is 318 g/mol. The topological polar surface area (TPSA) is 67.4 Å². The highest BCUT2D eigenvalue weighted by molar-refractivity contribution is 7.07. The van der Waals surface area contributed by atoms with Crippen LogP contribution >= 0.6 is 11.3 Å². The average molecular weight is 318 g/mol. The van der Waals surface area contributed by atoms with Gasteiger partial charge in [-0.15, -0.1) is 0 Å². The SMILES string of the molecule is COC(=O)CCNC(=O)c1ccc(NCc2ccsc2)cc1. The van der Waals surface area contributed by atoms with E-state index in [9.17, 15) is 9.59 Å². The summed E-state index contributed by atoms with van der Waals surface area (Å²) in [6.07, 6.45) is 0.169. The minimum absolute atomic E-state index is 0.169. The van der Waals surface area contributed by atoms with Crippen molar-refractivity contribution in [1.29, 1.82) is 0 Å². The van der Waals surface area contributed by atoms with Gasteiger partial charge < -0.3 is 15.4 Å². The van der Waals surface area contributed by atoms with Crippen LogP contribution in [0.15, 0.2) is 41.1 Å². The first-order valence-corrected chi connectivity index (χ1v) is 7.83. The third-order valence-electron chi connectivity index (χ3n) is 3.07. The zero-order chi connectivity index (χ0) is 15.8. The summed E-state index contributed by atoms with van der Waals surface area (Å²) in [5, 5.41) is 10.1. The van der Waals surface area contributed by atoms with Crippen LogP contribution < -0.4 is 10.6 Å². The Morgan fingerprint density at radius 3 is 2.59 bits per heavy atom. The Morgan fingerprint density at radius 1 is 1.18 bits per heavy atom. The van der Waals surface area contributed by atoms with E-state index < -0.39 is 0 Å². The van der Waals surface area contributed by atoms with E-state index in [2.05, 4.69) is 26.8 Å². The first kappa shape index (κ1) is 16.0. The van der Waals surface area contributed by atoms with Crippen molar-refractivity contribution in [2.75, 3.05) is 19.0 Å². The third-order valence-corrected chi connectivity index (χ3v) is 3.80. The highest BCUT2D eigenvalue weighted by atomic mass is 32.1. The van der Waals surface area contributed by atoms with E-state index in [1.807, 2.05) is 17.5 Å². The standard InChI is InChI=1S/C16H18N2O3S/c1-21-15(19)6-8-17-16(20)13-2-4-14(5-3-13)18-10-12-7-9-22-11-12/h2-5,7,9,11,18H,6,8,10H2,1H3,(H,17,20). The van der Waals surface area contributed by atoms with Gasteiger partial charge in [-0.05, 0) is 46.7 Å². The lowest BCUT2D eigenvalue weighted by Gasteiger charge is -2.07. The van der Waals surface area contributed by atoms with Crippen LogP contribution in [0.25, 0.3) is 0 Å². The van der Waals surface area contributed by atoms with E-state index in [1.165, 1.54) is 12.7 Å². The molecule has 0 fully saturated rings. The smallest absolute Gasteiger partial charge is 0.307 e. The molecule has 0 atom stereocenters. The van der Waals surface area contributed by atoms with Crippen molar-refractivity contribution in [3.8, 4) is 0 Å². The lowest BCUT2D eigenvalue weighted by Crippen LogP contribution is -2.26. The molecule has 2 aromatic rings. The van der Waals surface area contributed by atoms with Gasteiger partial charge in [-0.3, -0.25) is 9.59 Å². The fourth-order valence-electron chi connectivity index (χ4n) is 1.82. The number of hydrogen-bond acceptors (Lipinski definition) is 5. The molecule has 1 amide bonds. The normalized spacial score (nSPS) is 10.0. The summed E-state index contributed by atoms with van der Waals surface area (Å²) < 4.78 is 4.51. The first-order chi connectivity index (χ1) is 10.7. The highest BCUT2D eigenvalue weighted by Crippen LogP contribution is 2.12. The predicted octanol–water partition coefficient (Wildman–Crippen LogP) is 2.65. The highest BCUT2D eigenvalue weighted by Gasteiger charge is 2.06. The number of ether oxygens (including phenoxy) is 1. The molecule has 0 saturated carbocycles. The van der Waals surface area contributed by atoms with Gasteiger partial charge >= 0.3 is 5.97 Å². The summed E-state index contributed by atoms with van der Waals surface area (Å²) in [4.78, 5) is 22.9. The number of thiophene rings is 1. The number of methoxy groups -OCH3 is 1. The van der Waals surface area contributed by atoms with Crippen molar-refractivity contribution in [2.45, 2.75) is 13.0 Å². The van der Waals surface area contributed by atoms with Crippen LogP contribution in [0.2, 0.25) is 0 Å². The van der Waals surface area contributed by atoms with E-state index in [-0.39, 0.29) is 24.8 Å². The predicted molar refractivity (Wildman–Crippen MR) is 87.1 cm³/mol. The summed E-state index contributed by atoms with van der Waals surface area (Å²) in [5.74, 6) is -0.540. The molecule has 22 heavy (non-hydrogen) atoms. The van der Waals surface area contributed by atoms with Crippen molar-refractivity contribution in [1.82, 2.24) is 5.32 Å². The van der Waals surface area contributed by atoms with Crippen LogP contribution in [-0.4, -0.2) is 25.5 Å². The molecule has 116 valence electrons. The molecule has 0 radical (unpaired) electrons. The zero-order valence-corrected chi connectivity index (χ0v) is 13.1. The number of carbonyl (C=O) groups excluding carboxylic acids is 2. The molecule has 0 spiro atoms. The van der Waals surface area contributed by atoms with Gasteiger partial charge in [0, 0.05) is 24.3 Å². The molecule has 6 heteroatoms. The lowest BCUT2D eigenvalue weighted by molar-refractivity contribution is -0.140. The van der Waals surface area contributed by atoms with Gasteiger partial charge in [0.25, 0.3) is 5.91 Å². The van der Waals surface area contributed by atoms with Crippen molar-refractivity contribution < 1.29 is 14.3 Å². The Balaban J connectivity index is 1.80. The first-order valence-electron chi connectivity index (χ1n) is 6.89. The number of rotatable bonds is 7. The van der Waals surface area contributed by atoms with Crippen molar-refractivity contribution in [3.63, 3.8) is 0 Å². The average Bonchev–Trinajstić information content (AvgIpc) is 3.06. The number of anilines is 1. The van der Waals surface area contributed by atoms with Crippen LogP contribution in [0, 0.1) is 0 Å². The maximum Gasteiger partial charge on any atom is 0.307 e. The van der Waals surface area contributed by atoms with E-state index in [1.54, 1.807) is 23.5 Å². The molecule has 0 unspecified atom stereocenters. The Bertz CT molecular complexity index is 609. The summed E-state index contributed by atoms with van der Waals surface area (Å²) in [6, 6.07) is 9.30. The van der Waals surface area contributed by atoms with Crippen LogP contribution in [-0.2, 0) is 16.1 Å². The molecule has 1 aromatic heterocycles. The van der Waals surface area contributed by atoms with Gasteiger partial charge in [-0.2, -0.15) is 11.3 Å². The molecule has 0 aliphatic carbocycles. The quantitative estimate of drug-likeness (QED) is 0.770. The van der Waals surface area contributed by atoms with Crippen LogP contribution in [0.4, 0.5) is 5.69 Å². The molecule has 0 aliphatic rings. The minimum Gasteiger partial charge on any atom is -0.469 e. The third kappa shape index (κ3) is 4.89. The van der Waals surface area contributed by atoms with Gasteiger partial charge in [-0.1, -0.05) is 0 Å². The second-order valence-electron chi connectivity index (χ2n) is 4.64. The minimum atomic E-state index is -0.340. The van der Waals surface area contributed by atoms with Gasteiger partial charge in [0.05, 0.1) is 13.5 Å². The number of esters is 1. The van der Waals surface area contributed by atoms with Crippen LogP contribution in [0.1, 0.15) is 22.3 Å². The number of amides is 1. The second-order valence-corrected chi connectivity index (χ2v) is 5.42. The van der Waals surface area contributed by atoms with E-state index in [0.717, 1.165) is 12.2 Å². The molecule has 1 aromatic carbocycles. The summed E-state index contributed by atoms with van der Waals surface area (Å²) in [6.45, 7) is 1.03. The largest absolute Gasteiger partial charge is 0.469 e. The van der Waals surface area contributed by atoms with Crippen molar-refractivity contribution >= 4 is 28.9 Å². The summed E-state index contributed by atoms with van der Waals surface area (Å²) in [5.41, 5.74) is 2.75. The van der Waals surface area contributed by atoms with Crippen molar-refractivity contribution in [2.24, 2.45) is 0 Å². The maximum absolute atomic E-state index is 11.9. The van der Waals surface area contributed by atoms with E-state index >= 15 is 0 Å². The van der Waals surface area contributed by atoms with Gasteiger partial charge in [0.2, 0.25) is 0 Å². The molecule has 5 nitrogen and oxygen atoms in total. The number of nitrogens with one attached hydrogen (secondary N) is 2. The fourth-order valence-corrected chi connectivity index (χ4v) is 2.49. The molecule has 2 rings (SSSR count). The number of benzene rings is 1. The molecule has 1 heterocycles. The van der Waals surface area contributed by atoms with Crippen LogP contribution in [0.5, 0.6) is 0 Å². The molecule has 0 saturated heterocycles. The Labute approximate surface area is 133 Å². The Kier molecular flexibility index (Phi) is 5.97. The van der Waals surface area contributed by atoms with E-state index in [4.69, 9.17) is 0 Å².